The minimum Gasteiger partial charge on any atom is -0.365 e. The molecule has 1 N–H and O–H groups in total. The predicted molar refractivity (Wildman–Crippen MR) is 81.8 cm³/mol. The highest BCUT2D eigenvalue weighted by Crippen LogP contribution is 2.19. The van der Waals surface area contributed by atoms with Crippen molar-refractivity contribution in [1.82, 2.24) is 4.98 Å². The topological polar surface area (TPSA) is 48.7 Å². The number of pyridine rings is 1. The SMILES string of the molecule is CC(C)c1ccc(C#N)c(NCc2ccc(Cl)cc2)n1. The number of aromatic nitrogens is 1. The van der Waals surface area contributed by atoms with Crippen LogP contribution in [0.25, 0.3) is 0 Å². The second-order valence-corrected chi connectivity index (χ2v) is 5.32. The molecule has 0 spiro atoms. The third kappa shape index (κ3) is 3.49. The molecule has 0 aliphatic carbocycles. The summed E-state index contributed by atoms with van der Waals surface area (Å²) in [6, 6.07) is 13.5. The first-order valence-electron chi connectivity index (χ1n) is 6.49. The largest absolute Gasteiger partial charge is 0.365 e. The van der Waals surface area contributed by atoms with Gasteiger partial charge in [0.1, 0.15) is 11.9 Å². The minimum absolute atomic E-state index is 0.332. The summed E-state index contributed by atoms with van der Waals surface area (Å²) in [4.78, 5) is 4.52. The summed E-state index contributed by atoms with van der Waals surface area (Å²) in [5, 5.41) is 13.1. The molecule has 0 bridgehead atoms. The van der Waals surface area contributed by atoms with Gasteiger partial charge >= 0.3 is 0 Å². The van der Waals surface area contributed by atoms with E-state index >= 15 is 0 Å². The highest BCUT2D eigenvalue weighted by Gasteiger charge is 2.07. The molecule has 3 nitrogen and oxygen atoms in total. The van der Waals surface area contributed by atoms with Gasteiger partial charge in [-0.15, -0.1) is 0 Å². The monoisotopic (exact) mass is 285 g/mol. The number of anilines is 1. The van der Waals surface area contributed by atoms with E-state index in [0.29, 0.717) is 28.9 Å². The summed E-state index contributed by atoms with van der Waals surface area (Å²) in [5.74, 6) is 0.965. The van der Waals surface area contributed by atoms with E-state index in [0.717, 1.165) is 11.3 Å². The molecular weight excluding hydrogens is 270 g/mol. The van der Waals surface area contributed by atoms with E-state index in [1.165, 1.54) is 0 Å². The van der Waals surface area contributed by atoms with Crippen LogP contribution in [0.1, 0.15) is 36.6 Å². The van der Waals surface area contributed by atoms with Crippen LogP contribution in [0.15, 0.2) is 36.4 Å². The molecule has 0 aliphatic heterocycles. The third-order valence-electron chi connectivity index (χ3n) is 3.00. The Bertz CT molecular complexity index is 627. The van der Waals surface area contributed by atoms with E-state index < -0.39 is 0 Å². The van der Waals surface area contributed by atoms with Crippen molar-refractivity contribution in [2.75, 3.05) is 5.32 Å². The molecule has 0 atom stereocenters. The minimum atomic E-state index is 0.332. The van der Waals surface area contributed by atoms with Gasteiger partial charge in [-0.2, -0.15) is 5.26 Å². The zero-order valence-electron chi connectivity index (χ0n) is 11.5. The zero-order chi connectivity index (χ0) is 14.5. The predicted octanol–water partition coefficient (Wildman–Crippen LogP) is 4.34. The molecule has 1 aromatic carbocycles. The molecule has 2 aromatic rings. The Labute approximate surface area is 124 Å². The van der Waals surface area contributed by atoms with E-state index in [-0.39, 0.29) is 0 Å². The number of nitrogens with one attached hydrogen (secondary N) is 1. The summed E-state index contributed by atoms with van der Waals surface area (Å²) < 4.78 is 0. The van der Waals surface area contributed by atoms with Gasteiger partial charge in [0.2, 0.25) is 0 Å². The smallest absolute Gasteiger partial charge is 0.144 e. The fourth-order valence-electron chi connectivity index (χ4n) is 1.81. The third-order valence-corrected chi connectivity index (χ3v) is 3.25. The Balaban J connectivity index is 2.17. The van der Waals surface area contributed by atoms with E-state index in [9.17, 15) is 0 Å². The molecule has 0 radical (unpaired) electrons. The summed E-state index contributed by atoms with van der Waals surface area (Å²) >= 11 is 5.86. The van der Waals surface area contributed by atoms with Crippen LogP contribution < -0.4 is 5.32 Å². The lowest BCUT2D eigenvalue weighted by Gasteiger charge is -2.11. The Morgan fingerprint density at radius 2 is 1.90 bits per heavy atom. The van der Waals surface area contributed by atoms with Crippen molar-refractivity contribution in [1.29, 1.82) is 5.26 Å². The number of halogens is 1. The fraction of sp³-hybridized carbons (Fsp3) is 0.250. The fourth-order valence-corrected chi connectivity index (χ4v) is 1.93. The standard InChI is InChI=1S/C16H16ClN3/c1-11(2)15-8-5-13(9-18)16(20-15)19-10-12-3-6-14(17)7-4-12/h3-8,11H,10H2,1-2H3,(H,19,20). The molecule has 20 heavy (non-hydrogen) atoms. The van der Waals surface area contributed by atoms with Crippen LogP contribution in [0.5, 0.6) is 0 Å². The molecule has 0 aliphatic rings. The number of nitrogens with zero attached hydrogens (tertiary/aromatic N) is 2. The van der Waals surface area contributed by atoms with Gasteiger partial charge in [-0.1, -0.05) is 37.6 Å². The van der Waals surface area contributed by atoms with Crippen molar-refractivity contribution < 1.29 is 0 Å². The van der Waals surface area contributed by atoms with Gasteiger partial charge in [0.15, 0.2) is 0 Å². The van der Waals surface area contributed by atoms with Crippen LogP contribution in [0.4, 0.5) is 5.82 Å². The maximum atomic E-state index is 9.13. The molecule has 0 fully saturated rings. The first-order valence-corrected chi connectivity index (χ1v) is 6.87. The number of rotatable bonds is 4. The lowest BCUT2D eigenvalue weighted by Crippen LogP contribution is -2.05. The second-order valence-electron chi connectivity index (χ2n) is 4.88. The quantitative estimate of drug-likeness (QED) is 0.909. The van der Waals surface area contributed by atoms with E-state index in [2.05, 4.69) is 30.2 Å². The molecule has 0 unspecified atom stereocenters. The highest BCUT2D eigenvalue weighted by molar-refractivity contribution is 6.30. The molecule has 102 valence electrons. The Hall–Kier alpha value is -2.05. The van der Waals surface area contributed by atoms with Gasteiger partial charge < -0.3 is 5.32 Å². The first kappa shape index (κ1) is 14.4. The Morgan fingerprint density at radius 1 is 1.20 bits per heavy atom. The van der Waals surface area contributed by atoms with Gasteiger partial charge in [-0.3, -0.25) is 0 Å². The molecular formula is C16H16ClN3. The average molecular weight is 286 g/mol. The average Bonchev–Trinajstić information content (AvgIpc) is 2.46. The Morgan fingerprint density at radius 3 is 2.50 bits per heavy atom. The van der Waals surface area contributed by atoms with Crippen LogP contribution in [0.3, 0.4) is 0 Å². The lowest BCUT2D eigenvalue weighted by atomic mass is 10.1. The van der Waals surface area contributed by atoms with Crippen molar-refractivity contribution in [3.05, 3.63) is 58.2 Å². The lowest BCUT2D eigenvalue weighted by molar-refractivity contribution is 0.822. The molecule has 0 saturated heterocycles. The highest BCUT2D eigenvalue weighted by atomic mass is 35.5. The van der Waals surface area contributed by atoms with Gasteiger partial charge in [0.25, 0.3) is 0 Å². The normalized spacial score (nSPS) is 10.3. The number of nitriles is 1. The van der Waals surface area contributed by atoms with Crippen molar-refractivity contribution in [2.45, 2.75) is 26.3 Å². The van der Waals surface area contributed by atoms with Gasteiger partial charge in [-0.25, -0.2) is 4.98 Å². The molecule has 0 amide bonds. The van der Waals surface area contributed by atoms with Crippen LogP contribution >= 0.6 is 11.6 Å². The van der Waals surface area contributed by atoms with Crippen molar-refractivity contribution in [3.63, 3.8) is 0 Å². The summed E-state index contributed by atoms with van der Waals surface area (Å²) in [6.07, 6.45) is 0. The summed E-state index contributed by atoms with van der Waals surface area (Å²) in [5.41, 5.74) is 2.63. The second kappa shape index (κ2) is 6.40. The molecule has 0 saturated carbocycles. The van der Waals surface area contributed by atoms with Crippen LogP contribution in [0.2, 0.25) is 5.02 Å². The van der Waals surface area contributed by atoms with E-state index in [1.807, 2.05) is 36.4 Å². The van der Waals surface area contributed by atoms with Gasteiger partial charge in [-0.05, 0) is 35.7 Å². The molecule has 1 aromatic heterocycles. The van der Waals surface area contributed by atoms with Crippen LogP contribution in [-0.2, 0) is 6.54 Å². The Kier molecular flexibility index (Phi) is 4.60. The summed E-state index contributed by atoms with van der Waals surface area (Å²) in [6.45, 7) is 4.77. The number of hydrogen-bond acceptors (Lipinski definition) is 3. The molecule has 2 rings (SSSR count). The van der Waals surface area contributed by atoms with E-state index in [4.69, 9.17) is 16.9 Å². The molecule has 1 heterocycles. The summed E-state index contributed by atoms with van der Waals surface area (Å²) in [7, 11) is 0. The molecule has 4 heteroatoms. The van der Waals surface area contributed by atoms with Crippen molar-refractivity contribution >= 4 is 17.4 Å². The van der Waals surface area contributed by atoms with Crippen LogP contribution in [0, 0.1) is 11.3 Å². The first-order chi connectivity index (χ1) is 9.60. The van der Waals surface area contributed by atoms with Crippen molar-refractivity contribution in [3.8, 4) is 6.07 Å². The van der Waals surface area contributed by atoms with Crippen molar-refractivity contribution in [2.24, 2.45) is 0 Å². The maximum Gasteiger partial charge on any atom is 0.144 e. The maximum absolute atomic E-state index is 9.13. The van der Waals surface area contributed by atoms with Gasteiger partial charge in [0, 0.05) is 17.3 Å². The number of hydrogen-bond donors (Lipinski definition) is 1. The van der Waals surface area contributed by atoms with Gasteiger partial charge in [0.05, 0.1) is 5.56 Å². The number of benzene rings is 1. The zero-order valence-corrected chi connectivity index (χ0v) is 12.3. The van der Waals surface area contributed by atoms with E-state index in [1.54, 1.807) is 0 Å². The van der Waals surface area contributed by atoms with Crippen LogP contribution in [-0.4, -0.2) is 4.98 Å².